The van der Waals surface area contributed by atoms with E-state index in [2.05, 4.69) is 15.4 Å². The summed E-state index contributed by atoms with van der Waals surface area (Å²) in [6.07, 6.45) is -2.19. The van der Waals surface area contributed by atoms with E-state index in [1.165, 1.54) is 36.7 Å². The Morgan fingerprint density at radius 3 is 2.58 bits per heavy atom. The van der Waals surface area contributed by atoms with Gasteiger partial charge in [0, 0.05) is 40.0 Å². The summed E-state index contributed by atoms with van der Waals surface area (Å²) >= 11 is 0. The number of nitrogens with one attached hydrogen (secondary N) is 1. The molecule has 154 valence electrons. The zero-order chi connectivity index (χ0) is 21.9. The van der Waals surface area contributed by atoms with Crippen LogP contribution in [0.2, 0.25) is 0 Å². The maximum Gasteiger partial charge on any atom is 0.434 e. The summed E-state index contributed by atoms with van der Waals surface area (Å²) in [6, 6.07) is 10.7. The average molecular weight is 423 g/mol. The highest BCUT2D eigenvalue weighted by atomic mass is 19.4. The normalized spacial score (nSPS) is 12.9. The van der Waals surface area contributed by atoms with Crippen LogP contribution >= 0.6 is 0 Å². The molecule has 5 rings (SSSR count). The van der Waals surface area contributed by atoms with Gasteiger partial charge >= 0.3 is 6.18 Å². The molecule has 10 heteroatoms. The Hall–Kier alpha value is -4.21. The second-order valence-corrected chi connectivity index (χ2v) is 6.90. The van der Waals surface area contributed by atoms with Gasteiger partial charge in [0.15, 0.2) is 5.69 Å². The van der Waals surface area contributed by atoms with Crippen LogP contribution < -0.4 is 11.1 Å². The smallest absolute Gasteiger partial charge is 0.365 e. The van der Waals surface area contributed by atoms with Crippen molar-refractivity contribution in [2.75, 3.05) is 5.32 Å². The summed E-state index contributed by atoms with van der Waals surface area (Å²) in [7, 11) is 0. The van der Waals surface area contributed by atoms with E-state index in [1.54, 1.807) is 18.2 Å². The zero-order valence-electron chi connectivity index (χ0n) is 15.6. The third-order valence-electron chi connectivity index (χ3n) is 5.07. The van der Waals surface area contributed by atoms with Gasteiger partial charge in [-0.15, -0.1) is 0 Å². The van der Waals surface area contributed by atoms with E-state index in [4.69, 9.17) is 5.73 Å². The quantitative estimate of drug-likeness (QED) is 0.524. The molecule has 2 aromatic carbocycles. The average Bonchev–Trinajstić information content (AvgIpc) is 3.29. The molecule has 0 atom stereocenters. The molecule has 31 heavy (non-hydrogen) atoms. The monoisotopic (exact) mass is 423 g/mol. The Morgan fingerprint density at radius 2 is 1.90 bits per heavy atom. The molecule has 1 aliphatic heterocycles. The van der Waals surface area contributed by atoms with Crippen LogP contribution in [-0.2, 0) is 6.18 Å². The van der Waals surface area contributed by atoms with Crippen molar-refractivity contribution in [1.82, 2.24) is 14.8 Å². The summed E-state index contributed by atoms with van der Waals surface area (Å²) in [5, 5.41) is 7.67. The summed E-state index contributed by atoms with van der Waals surface area (Å²) in [5.74, 6) is -1.61. The highest BCUT2D eigenvalue weighted by molar-refractivity contribution is 6.25. The number of hydrogen-bond donors (Lipinski definition) is 2. The Kier molecular flexibility index (Phi) is 3.88. The summed E-state index contributed by atoms with van der Waals surface area (Å²) in [4.78, 5) is 28.2. The lowest BCUT2D eigenvalue weighted by molar-refractivity contribution is -0.143. The number of alkyl halides is 3. The highest BCUT2D eigenvalue weighted by Crippen LogP contribution is 2.41. The number of nitrogens with two attached hydrogens (primary N) is 1. The van der Waals surface area contributed by atoms with Crippen LogP contribution in [-0.4, -0.2) is 26.6 Å². The van der Waals surface area contributed by atoms with Gasteiger partial charge < -0.3 is 11.1 Å². The van der Waals surface area contributed by atoms with Gasteiger partial charge in [0.1, 0.15) is 5.69 Å². The lowest BCUT2D eigenvalue weighted by Crippen LogP contribution is -2.21. The standard InChI is InChI=1S/C21H12F3N5O2/c22-21(23,24)18-16(19(25)30)17(10-3-2-8-26-9-10)28-29(18)14-7-6-13-15-11(14)4-1-5-12(15)20(31)27-13/h1-9H,(H2,25,30)(H,27,31). The van der Waals surface area contributed by atoms with Crippen molar-refractivity contribution in [2.24, 2.45) is 5.73 Å². The first kappa shape index (κ1) is 18.8. The second-order valence-electron chi connectivity index (χ2n) is 6.90. The molecule has 0 bridgehead atoms. The van der Waals surface area contributed by atoms with E-state index in [9.17, 15) is 22.8 Å². The van der Waals surface area contributed by atoms with Gasteiger partial charge in [-0.2, -0.15) is 18.3 Å². The maximum absolute atomic E-state index is 14.2. The van der Waals surface area contributed by atoms with Crippen LogP contribution in [0.3, 0.4) is 0 Å². The van der Waals surface area contributed by atoms with Crippen LogP contribution in [0.25, 0.3) is 27.7 Å². The Morgan fingerprint density at radius 1 is 1.10 bits per heavy atom. The molecule has 0 spiro atoms. The number of benzene rings is 2. The zero-order valence-corrected chi connectivity index (χ0v) is 15.6. The van der Waals surface area contributed by atoms with Crippen molar-refractivity contribution in [2.45, 2.75) is 6.18 Å². The van der Waals surface area contributed by atoms with Crippen LogP contribution in [0.5, 0.6) is 0 Å². The third-order valence-corrected chi connectivity index (χ3v) is 5.07. The third kappa shape index (κ3) is 2.75. The van der Waals surface area contributed by atoms with Gasteiger partial charge in [-0.05, 0) is 30.3 Å². The van der Waals surface area contributed by atoms with Gasteiger partial charge in [0.25, 0.3) is 11.8 Å². The number of pyridine rings is 1. The van der Waals surface area contributed by atoms with E-state index >= 15 is 0 Å². The van der Waals surface area contributed by atoms with Gasteiger partial charge in [-0.25, -0.2) is 4.68 Å². The number of rotatable bonds is 3. The first-order chi connectivity index (χ1) is 14.8. The molecular weight excluding hydrogens is 411 g/mol. The second kappa shape index (κ2) is 6.39. The summed E-state index contributed by atoms with van der Waals surface area (Å²) in [5.41, 5.74) is 4.19. The lowest BCUT2D eigenvalue weighted by Gasteiger charge is -2.14. The van der Waals surface area contributed by atoms with Gasteiger partial charge in [-0.1, -0.05) is 12.1 Å². The number of nitrogens with zero attached hydrogens (tertiary/aromatic N) is 3. The topological polar surface area (TPSA) is 103 Å². The lowest BCUT2D eigenvalue weighted by atomic mass is 10.0. The molecule has 3 N–H and O–H groups in total. The van der Waals surface area contributed by atoms with Crippen molar-refractivity contribution in [3.63, 3.8) is 0 Å². The first-order valence-corrected chi connectivity index (χ1v) is 9.05. The SMILES string of the molecule is NC(=O)c1c(-c2cccnc2)nn(-c2ccc3c4c(cccc24)C(=O)N3)c1C(F)(F)F. The van der Waals surface area contributed by atoms with E-state index in [-0.39, 0.29) is 22.9 Å². The molecule has 0 saturated carbocycles. The van der Waals surface area contributed by atoms with Crippen molar-refractivity contribution in [3.8, 4) is 16.9 Å². The number of primary amides is 1. The minimum absolute atomic E-state index is 0.0575. The fourth-order valence-corrected chi connectivity index (χ4v) is 3.85. The molecule has 2 amide bonds. The number of amides is 2. The number of anilines is 1. The first-order valence-electron chi connectivity index (χ1n) is 9.05. The predicted molar refractivity (Wildman–Crippen MR) is 106 cm³/mol. The number of carbonyl (C=O) groups excluding carboxylic acids is 2. The molecule has 0 fully saturated rings. The Bertz CT molecular complexity index is 1390. The predicted octanol–water partition coefficient (Wildman–Crippen LogP) is 3.77. The summed E-state index contributed by atoms with van der Waals surface area (Å²) < 4.78 is 43.2. The molecule has 0 saturated heterocycles. The summed E-state index contributed by atoms with van der Waals surface area (Å²) in [6.45, 7) is 0. The fraction of sp³-hybridized carbons (Fsp3) is 0.0476. The largest absolute Gasteiger partial charge is 0.434 e. The van der Waals surface area contributed by atoms with Gasteiger partial charge in [0.05, 0.1) is 11.3 Å². The van der Waals surface area contributed by atoms with Crippen LogP contribution in [0, 0.1) is 0 Å². The van der Waals surface area contributed by atoms with Crippen molar-refractivity contribution >= 4 is 28.3 Å². The maximum atomic E-state index is 14.2. The fourth-order valence-electron chi connectivity index (χ4n) is 3.85. The van der Waals surface area contributed by atoms with Crippen LogP contribution in [0.15, 0.2) is 54.9 Å². The highest BCUT2D eigenvalue weighted by Gasteiger charge is 2.43. The Balaban J connectivity index is 1.89. The number of carbonyl (C=O) groups is 2. The van der Waals surface area contributed by atoms with E-state index in [0.717, 1.165) is 0 Å². The molecule has 1 aliphatic rings. The molecule has 2 aromatic heterocycles. The molecule has 4 aromatic rings. The van der Waals surface area contributed by atoms with Crippen LogP contribution in [0.4, 0.5) is 18.9 Å². The number of hydrogen-bond acceptors (Lipinski definition) is 4. The minimum Gasteiger partial charge on any atom is -0.365 e. The van der Waals surface area contributed by atoms with Crippen LogP contribution in [0.1, 0.15) is 26.4 Å². The number of halogens is 3. The minimum atomic E-state index is -4.94. The van der Waals surface area contributed by atoms with Crippen molar-refractivity contribution in [1.29, 1.82) is 0 Å². The van der Waals surface area contributed by atoms with Gasteiger partial charge in [0.2, 0.25) is 0 Å². The van der Waals surface area contributed by atoms with Crippen molar-refractivity contribution < 1.29 is 22.8 Å². The molecule has 0 radical (unpaired) electrons. The molecule has 0 aliphatic carbocycles. The van der Waals surface area contributed by atoms with E-state index < -0.39 is 23.3 Å². The molecule has 0 unspecified atom stereocenters. The molecular formula is C21H12F3N5O2. The van der Waals surface area contributed by atoms with E-state index in [1.807, 2.05) is 0 Å². The van der Waals surface area contributed by atoms with E-state index in [0.29, 0.717) is 26.7 Å². The van der Waals surface area contributed by atoms with Gasteiger partial charge in [-0.3, -0.25) is 14.6 Å². The number of aromatic nitrogens is 3. The molecule has 7 nitrogen and oxygen atoms in total. The Labute approximate surface area is 172 Å². The van der Waals surface area contributed by atoms with Crippen molar-refractivity contribution in [3.05, 3.63) is 71.7 Å². The molecule has 3 heterocycles.